The number of hydrogen-bond donors (Lipinski definition) is 2. The van der Waals surface area contributed by atoms with Crippen LogP contribution in [0.4, 0.5) is 20.6 Å². The van der Waals surface area contributed by atoms with Crippen LogP contribution >= 0.6 is 0 Å². The quantitative estimate of drug-likeness (QED) is 0.475. The van der Waals surface area contributed by atoms with Gasteiger partial charge in [-0.2, -0.15) is 5.01 Å². The van der Waals surface area contributed by atoms with Crippen LogP contribution in [0.1, 0.15) is 56.8 Å². The van der Waals surface area contributed by atoms with Crippen molar-refractivity contribution in [2.75, 3.05) is 23.3 Å². The van der Waals surface area contributed by atoms with Crippen LogP contribution in [0.2, 0.25) is 0 Å². The molecule has 1 saturated heterocycles. The fourth-order valence-corrected chi connectivity index (χ4v) is 3.03. The molecule has 3 N–H and O–H groups in total. The van der Waals surface area contributed by atoms with Gasteiger partial charge in [0.05, 0.1) is 11.3 Å². The molecule has 8 heteroatoms. The second-order valence-corrected chi connectivity index (χ2v) is 8.12. The highest BCUT2D eigenvalue weighted by molar-refractivity contribution is 6.06. The first-order valence-corrected chi connectivity index (χ1v) is 9.33. The molecule has 3 rings (SSSR count). The Morgan fingerprint density at radius 1 is 1.26 bits per heavy atom. The van der Waals surface area contributed by atoms with Crippen LogP contribution in [0.15, 0.2) is 12.1 Å². The molecule has 0 unspecified atom stereocenters. The van der Waals surface area contributed by atoms with Gasteiger partial charge in [0.2, 0.25) is 0 Å². The van der Waals surface area contributed by atoms with E-state index in [4.69, 9.17) is 10.6 Å². The van der Waals surface area contributed by atoms with Gasteiger partial charge in [0.1, 0.15) is 11.4 Å². The van der Waals surface area contributed by atoms with Crippen molar-refractivity contribution < 1.29 is 18.7 Å². The normalized spacial score (nSPS) is 17.0. The molecule has 0 spiro atoms. The SMILES string of the molecule is CC(C)(C)OC(=O)N(N)C(=O)c1cc(F)c(N2CCCC2)cc1NC1CC1. The minimum atomic E-state index is -0.978. The predicted octanol–water partition coefficient (Wildman–Crippen LogP) is 3.25. The fraction of sp³-hybridized carbons (Fsp3) is 0.579. The highest BCUT2D eigenvalue weighted by atomic mass is 19.1. The Kier molecular flexibility index (Phi) is 5.28. The number of carbonyl (C=O) groups is 2. The number of nitrogens with two attached hydrogens (primary N) is 1. The first-order chi connectivity index (χ1) is 12.7. The summed E-state index contributed by atoms with van der Waals surface area (Å²) in [7, 11) is 0. The third-order valence-electron chi connectivity index (χ3n) is 4.51. The van der Waals surface area contributed by atoms with Crippen LogP contribution < -0.4 is 16.1 Å². The number of hydrogen-bond acceptors (Lipinski definition) is 6. The smallest absolute Gasteiger partial charge is 0.432 e. The van der Waals surface area contributed by atoms with Crippen molar-refractivity contribution >= 4 is 23.4 Å². The van der Waals surface area contributed by atoms with Gasteiger partial charge in [-0.3, -0.25) is 4.79 Å². The zero-order valence-corrected chi connectivity index (χ0v) is 16.0. The van der Waals surface area contributed by atoms with Crippen LogP contribution in [0.5, 0.6) is 0 Å². The summed E-state index contributed by atoms with van der Waals surface area (Å²) in [5.41, 5.74) is 0.183. The van der Waals surface area contributed by atoms with Crippen LogP contribution in [-0.2, 0) is 4.74 Å². The second-order valence-electron chi connectivity index (χ2n) is 8.12. The van der Waals surface area contributed by atoms with Gasteiger partial charge in [-0.05, 0) is 58.6 Å². The molecule has 148 valence electrons. The number of anilines is 2. The second kappa shape index (κ2) is 7.34. The van der Waals surface area contributed by atoms with Crippen molar-refractivity contribution in [2.45, 2.75) is 58.1 Å². The maximum absolute atomic E-state index is 14.7. The van der Waals surface area contributed by atoms with Gasteiger partial charge < -0.3 is 15.0 Å². The summed E-state index contributed by atoms with van der Waals surface area (Å²) < 4.78 is 19.9. The van der Waals surface area contributed by atoms with E-state index in [0.29, 0.717) is 16.4 Å². The number of benzene rings is 1. The van der Waals surface area contributed by atoms with E-state index in [2.05, 4.69) is 5.32 Å². The number of ether oxygens (including phenoxy) is 1. The highest BCUT2D eigenvalue weighted by Gasteiger charge is 2.31. The minimum Gasteiger partial charge on any atom is -0.442 e. The van der Waals surface area contributed by atoms with E-state index in [0.717, 1.165) is 44.8 Å². The predicted molar refractivity (Wildman–Crippen MR) is 101 cm³/mol. The van der Waals surface area contributed by atoms with E-state index in [1.165, 1.54) is 0 Å². The molecule has 0 aromatic heterocycles. The van der Waals surface area contributed by atoms with Crippen LogP contribution in [0, 0.1) is 5.82 Å². The highest BCUT2D eigenvalue weighted by Crippen LogP contribution is 2.33. The molecule has 1 aromatic rings. The van der Waals surface area contributed by atoms with Gasteiger partial charge in [0.15, 0.2) is 0 Å². The standard InChI is InChI=1S/C19H27FN4O3/c1-19(2,3)27-18(26)24(21)17(25)13-10-14(20)16(23-8-4-5-9-23)11-15(13)22-12-6-7-12/h10-12,22H,4-9,21H2,1-3H3. The lowest BCUT2D eigenvalue weighted by Crippen LogP contribution is -2.45. The number of hydrazine groups is 1. The van der Waals surface area contributed by atoms with Crippen molar-refractivity contribution in [3.8, 4) is 0 Å². The van der Waals surface area contributed by atoms with Gasteiger partial charge in [0.25, 0.3) is 5.91 Å². The molecule has 1 aromatic carbocycles. The fourth-order valence-electron chi connectivity index (χ4n) is 3.03. The summed E-state index contributed by atoms with van der Waals surface area (Å²) in [6.07, 6.45) is 3.03. The van der Waals surface area contributed by atoms with Crippen molar-refractivity contribution in [3.63, 3.8) is 0 Å². The molecule has 0 atom stereocenters. The Labute approximate surface area is 158 Å². The average Bonchev–Trinajstić information content (AvgIpc) is 3.23. The first kappa shape index (κ1) is 19.4. The lowest BCUT2D eigenvalue weighted by molar-refractivity contribution is 0.0239. The largest absolute Gasteiger partial charge is 0.442 e. The molecule has 1 saturated carbocycles. The number of carbonyl (C=O) groups excluding carboxylic acids is 2. The third kappa shape index (κ3) is 4.68. The molecule has 7 nitrogen and oxygen atoms in total. The molecular formula is C19H27FN4O3. The van der Waals surface area contributed by atoms with Gasteiger partial charge in [-0.1, -0.05) is 0 Å². The van der Waals surface area contributed by atoms with Crippen molar-refractivity contribution in [2.24, 2.45) is 5.84 Å². The number of nitrogens with zero attached hydrogens (tertiary/aromatic N) is 2. The van der Waals surface area contributed by atoms with E-state index in [-0.39, 0.29) is 11.6 Å². The van der Waals surface area contributed by atoms with E-state index < -0.39 is 23.4 Å². The summed E-state index contributed by atoms with van der Waals surface area (Å²) >= 11 is 0. The van der Waals surface area contributed by atoms with Crippen LogP contribution in [0.25, 0.3) is 0 Å². The van der Waals surface area contributed by atoms with Gasteiger partial charge in [0, 0.05) is 24.8 Å². The number of rotatable bonds is 4. The molecule has 2 aliphatic rings. The first-order valence-electron chi connectivity index (χ1n) is 9.33. The topological polar surface area (TPSA) is 87.9 Å². The maximum Gasteiger partial charge on any atom is 0.432 e. The number of halogens is 1. The summed E-state index contributed by atoms with van der Waals surface area (Å²) in [5, 5.41) is 3.65. The van der Waals surface area contributed by atoms with E-state index in [9.17, 15) is 14.0 Å². The Morgan fingerprint density at radius 2 is 1.89 bits per heavy atom. The molecule has 0 radical (unpaired) electrons. The molecule has 2 amide bonds. The van der Waals surface area contributed by atoms with Crippen LogP contribution in [0.3, 0.4) is 0 Å². The zero-order valence-electron chi connectivity index (χ0n) is 16.0. The van der Waals surface area contributed by atoms with Crippen molar-refractivity contribution in [1.29, 1.82) is 0 Å². The Bertz CT molecular complexity index is 737. The summed E-state index contributed by atoms with van der Waals surface area (Å²) in [6.45, 7) is 6.59. The molecular weight excluding hydrogens is 351 g/mol. The Balaban J connectivity index is 1.89. The monoisotopic (exact) mass is 378 g/mol. The average molecular weight is 378 g/mol. The summed E-state index contributed by atoms with van der Waals surface area (Å²) in [5.74, 6) is 4.37. The lowest BCUT2D eigenvalue weighted by Gasteiger charge is -2.25. The minimum absolute atomic E-state index is 0.0238. The third-order valence-corrected chi connectivity index (χ3v) is 4.51. The lowest BCUT2D eigenvalue weighted by atomic mass is 10.1. The van der Waals surface area contributed by atoms with E-state index in [1.807, 2.05) is 4.90 Å². The van der Waals surface area contributed by atoms with Gasteiger partial charge in [-0.15, -0.1) is 0 Å². The van der Waals surface area contributed by atoms with E-state index >= 15 is 0 Å². The Hall–Kier alpha value is -2.35. The van der Waals surface area contributed by atoms with Gasteiger partial charge >= 0.3 is 6.09 Å². The summed E-state index contributed by atoms with van der Waals surface area (Å²) in [4.78, 5) is 26.8. The number of imide groups is 1. The van der Waals surface area contributed by atoms with Crippen molar-refractivity contribution in [3.05, 3.63) is 23.5 Å². The Morgan fingerprint density at radius 3 is 2.44 bits per heavy atom. The molecule has 1 aliphatic carbocycles. The number of amides is 2. The molecule has 27 heavy (non-hydrogen) atoms. The van der Waals surface area contributed by atoms with Crippen molar-refractivity contribution in [1.82, 2.24) is 5.01 Å². The molecule has 1 heterocycles. The zero-order chi connectivity index (χ0) is 19.8. The number of nitrogens with one attached hydrogen (secondary N) is 1. The van der Waals surface area contributed by atoms with E-state index in [1.54, 1.807) is 26.8 Å². The van der Waals surface area contributed by atoms with Crippen LogP contribution in [-0.4, -0.2) is 41.7 Å². The molecule has 0 bridgehead atoms. The van der Waals surface area contributed by atoms with Gasteiger partial charge in [-0.25, -0.2) is 15.0 Å². The molecule has 2 fully saturated rings. The summed E-state index contributed by atoms with van der Waals surface area (Å²) in [6, 6.07) is 3.06. The maximum atomic E-state index is 14.7. The molecule has 1 aliphatic heterocycles.